The van der Waals surface area contributed by atoms with Gasteiger partial charge in [-0.2, -0.15) is 0 Å². The Bertz CT molecular complexity index is 983. The number of hydrogen-bond acceptors (Lipinski definition) is 6. The Kier molecular flexibility index (Phi) is 6.67. The van der Waals surface area contributed by atoms with E-state index in [2.05, 4.69) is 25.8 Å². The van der Waals surface area contributed by atoms with Crippen LogP contribution in [0.3, 0.4) is 0 Å². The molecule has 0 saturated carbocycles. The fourth-order valence-electron chi connectivity index (χ4n) is 4.42. The van der Waals surface area contributed by atoms with E-state index in [9.17, 15) is 14.7 Å². The van der Waals surface area contributed by atoms with Gasteiger partial charge >= 0.3 is 5.97 Å². The van der Waals surface area contributed by atoms with Crippen LogP contribution in [0.2, 0.25) is 0 Å². The van der Waals surface area contributed by atoms with Gasteiger partial charge in [-0.05, 0) is 42.4 Å². The number of carbonyl (C=O) groups excluding carboxylic acids is 1. The highest BCUT2D eigenvalue weighted by molar-refractivity contribution is 7.09. The third kappa shape index (κ3) is 4.13. The molecule has 1 aromatic heterocycles. The Morgan fingerprint density at radius 1 is 1.34 bits per heavy atom. The van der Waals surface area contributed by atoms with E-state index in [4.69, 9.17) is 9.47 Å². The first kappa shape index (κ1) is 24.2. The highest BCUT2D eigenvalue weighted by atomic mass is 32.1. The van der Waals surface area contributed by atoms with Crippen molar-refractivity contribution >= 4 is 23.2 Å². The average molecular weight is 461 g/mol. The standard InChI is InChI=1S/C24H32N2O5S/c1-14(2)13-24(22(28)29)15(3)31-21(19-25-10-11-32-19)26(24)20(27)16-8-9-17(23(4,5)6)18(12-16)30-7/h8-12,14-15,21H,13H2,1-7H3,(H,28,29). The summed E-state index contributed by atoms with van der Waals surface area (Å²) in [4.78, 5) is 32.4. The van der Waals surface area contributed by atoms with E-state index >= 15 is 0 Å². The third-order valence-electron chi connectivity index (χ3n) is 5.90. The number of thiazole rings is 1. The summed E-state index contributed by atoms with van der Waals surface area (Å²) >= 11 is 1.34. The summed E-state index contributed by atoms with van der Waals surface area (Å²) in [5.41, 5.74) is -0.379. The largest absolute Gasteiger partial charge is 0.496 e. The maximum Gasteiger partial charge on any atom is 0.332 e. The Morgan fingerprint density at radius 2 is 2.03 bits per heavy atom. The number of carboxylic acids is 1. The number of methoxy groups -OCH3 is 1. The van der Waals surface area contributed by atoms with E-state index in [1.54, 1.807) is 37.7 Å². The van der Waals surface area contributed by atoms with Crippen LogP contribution in [-0.4, -0.2) is 45.6 Å². The van der Waals surface area contributed by atoms with Crippen molar-refractivity contribution in [2.45, 2.75) is 71.2 Å². The minimum absolute atomic E-state index is 0.0281. The van der Waals surface area contributed by atoms with E-state index in [-0.39, 0.29) is 17.8 Å². The smallest absolute Gasteiger partial charge is 0.332 e. The molecule has 7 nitrogen and oxygen atoms in total. The lowest BCUT2D eigenvalue weighted by Gasteiger charge is -2.38. The predicted molar refractivity (Wildman–Crippen MR) is 123 cm³/mol. The SMILES string of the molecule is COc1cc(C(=O)N2C(c3nccs3)OC(C)C2(CC(C)C)C(=O)O)ccc1C(C)(C)C. The molecule has 3 unspecified atom stereocenters. The lowest BCUT2D eigenvalue weighted by Crippen LogP contribution is -2.59. The maximum absolute atomic E-state index is 13.9. The predicted octanol–water partition coefficient (Wildman–Crippen LogP) is 4.88. The van der Waals surface area contributed by atoms with Crippen molar-refractivity contribution in [2.75, 3.05) is 7.11 Å². The van der Waals surface area contributed by atoms with E-state index in [0.29, 0.717) is 16.3 Å². The molecule has 2 aromatic rings. The number of carbonyl (C=O) groups is 2. The summed E-state index contributed by atoms with van der Waals surface area (Å²) in [6.45, 7) is 11.8. The summed E-state index contributed by atoms with van der Waals surface area (Å²) in [5.74, 6) is -0.881. The van der Waals surface area contributed by atoms with Crippen LogP contribution in [0.4, 0.5) is 0 Å². The van der Waals surface area contributed by atoms with Gasteiger partial charge in [-0.1, -0.05) is 40.7 Å². The molecular formula is C24H32N2O5S. The minimum Gasteiger partial charge on any atom is -0.496 e. The molecule has 3 rings (SSSR count). The molecule has 0 spiro atoms. The number of aliphatic carboxylic acids is 1. The first-order chi connectivity index (χ1) is 14.9. The molecule has 3 atom stereocenters. The summed E-state index contributed by atoms with van der Waals surface area (Å²) < 4.78 is 11.7. The van der Waals surface area contributed by atoms with Gasteiger partial charge in [-0.15, -0.1) is 11.3 Å². The Balaban J connectivity index is 2.16. The number of amides is 1. The minimum atomic E-state index is -1.52. The summed E-state index contributed by atoms with van der Waals surface area (Å²) in [7, 11) is 1.57. The molecule has 32 heavy (non-hydrogen) atoms. The van der Waals surface area contributed by atoms with E-state index in [1.807, 2.05) is 19.9 Å². The molecule has 1 N–H and O–H groups in total. The van der Waals surface area contributed by atoms with Gasteiger partial charge in [0.05, 0.1) is 13.2 Å². The van der Waals surface area contributed by atoms with Crippen LogP contribution in [0, 0.1) is 5.92 Å². The van der Waals surface area contributed by atoms with Crippen LogP contribution < -0.4 is 4.74 Å². The number of ether oxygens (including phenoxy) is 2. The topological polar surface area (TPSA) is 89.0 Å². The molecule has 1 aliphatic rings. The van der Waals surface area contributed by atoms with Gasteiger partial charge in [0.25, 0.3) is 5.91 Å². The number of carboxylic acid groups (broad SMARTS) is 1. The number of hydrogen-bond donors (Lipinski definition) is 1. The fourth-order valence-corrected chi connectivity index (χ4v) is 5.08. The lowest BCUT2D eigenvalue weighted by molar-refractivity contribution is -0.151. The van der Waals surface area contributed by atoms with E-state index < -0.39 is 29.7 Å². The van der Waals surface area contributed by atoms with Gasteiger partial charge in [0.1, 0.15) is 10.8 Å². The summed E-state index contributed by atoms with van der Waals surface area (Å²) in [5, 5.41) is 12.7. The van der Waals surface area contributed by atoms with E-state index in [0.717, 1.165) is 5.56 Å². The van der Waals surface area contributed by atoms with Crippen LogP contribution >= 0.6 is 11.3 Å². The van der Waals surface area contributed by atoms with Crippen LogP contribution in [0.1, 0.15) is 75.1 Å². The molecule has 0 bridgehead atoms. The van der Waals surface area contributed by atoms with Crippen molar-refractivity contribution < 1.29 is 24.2 Å². The Hall–Kier alpha value is -2.45. The first-order valence-electron chi connectivity index (χ1n) is 10.7. The van der Waals surface area contributed by atoms with Gasteiger partial charge in [0.2, 0.25) is 0 Å². The quantitative estimate of drug-likeness (QED) is 0.661. The highest BCUT2D eigenvalue weighted by Crippen LogP contribution is 2.46. The molecule has 2 heterocycles. The van der Waals surface area contributed by atoms with Gasteiger partial charge in [-0.3, -0.25) is 9.69 Å². The summed E-state index contributed by atoms with van der Waals surface area (Å²) in [6.07, 6.45) is 0.298. The molecule has 1 fully saturated rings. The molecule has 0 radical (unpaired) electrons. The monoisotopic (exact) mass is 460 g/mol. The van der Waals surface area contributed by atoms with Crippen molar-refractivity contribution in [1.82, 2.24) is 9.88 Å². The lowest BCUT2D eigenvalue weighted by atomic mass is 9.82. The second-order valence-corrected chi connectivity index (χ2v) is 10.6. The zero-order valence-corrected chi connectivity index (χ0v) is 20.5. The normalized spacial score (nSPS) is 23.6. The number of benzene rings is 1. The number of rotatable bonds is 6. The molecule has 8 heteroatoms. The zero-order chi connectivity index (χ0) is 23.8. The highest BCUT2D eigenvalue weighted by Gasteiger charge is 2.61. The molecule has 1 amide bonds. The van der Waals surface area contributed by atoms with Crippen molar-refractivity contribution in [3.05, 3.63) is 45.9 Å². The number of aromatic nitrogens is 1. The second kappa shape index (κ2) is 8.83. The van der Waals surface area contributed by atoms with Crippen molar-refractivity contribution in [2.24, 2.45) is 5.92 Å². The molecular weight excluding hydrogens is 428 g/mol. The van der Waals surface area contributed by atoms with Crippen LogP contribution in [0.5, 0.6) is 5.75 Å². The fraction of sp³-hybridized carbons (Fsp3) is 0.542. The van der Waals surface area contributed by atoms with Crippen molar-refractivity contribution in [1.29, 1.82) is 0 Å². The molecule has 1 aromatic carbocycles. The second-order valence-electron chi connectivity index (χ2n) is 9.67. The van der Waals surface area contributed by atoms with Crippen LogP contribution in [-0.2, 0) is 14.9 Å². The Morgan fingerprint density at radius 3 is 2.53 bits per heavy atom. The molecule has 0 aliphatic carbocycles. The number of nitrogens with zero attached hydrogens (tertiary/aromatic N) is 2. The van der Waals surface area contributed by atoms with Crippen LogP contribution in [0.25, 0.3) is 0 Å². The molecule has 1 saturated heterocycles. The third-order valence-corrected chi connectivity index (χ3v) is 6.70. The van der Waals surface area contributed by atoms with Crippen molar-refractivity contribution in [3.8, 4) is 5.75 Å². The van der Waals surface area contributed by atoms with Gasteiger partial charge in [0.15, 0.2) is 11.8 Å². The molecule has 1 aliphatic heterocycles. The van der Waals surface area contributed by atoms with Crippen molar-refractivity contribution in [3.63, 3.8) is 0 Å². The molecule has 174 valence electrons. The van der Waals surface area contributed by atoms with Gasteiger partial charge in [-0.25, -0.2) is 9.78 Å². The van der Waals surface area contributed by atoms with E-state index in [1.165, 1.54) is 16.2 Å². The summed E-state index contributed by atoms with van der Waals surface area (Å²) in [6, 6.07) is 5.29. The van der Waals surface area contributed by atoms with Gasteiger partial charge in [0, 0.05) is 17.1 Å². The zero-order valence-electron chi connectivity index (χ0n) is 19.7. The maximum atomic E-state index is 13.9. The first-order valence-corrected chi connectivity index (χ1v) is 11.6. The van der Waals surface area contributed by atoms with Gasteiger partial charge < -0.3 is 14.6 Å². The average Bonchev–Trinajstić information content (AvgIpc) is 3.33. The van der Waals surface area contributed by atoms with Crippen LogP contribution in [0.15, 0.2) is 29.8 Å². The Labute approximate surface area is 193 Å².